The minimum Gasteiger partial charge on any atom is -0.395 e. The number of rotatable bonds is 5. The Labute approximate surface area is 160 Å². The van der Waals surface area contributed by atoms with Gasteiger partial charge in [0, 0.05) is 22.9 Å². The maximum absolute atomic E-state index is 9.32. The topological polar surface area (TPSA) is 93.7 Å². The summed E-state index contributed by atoms with van der Waals surface area (Å²) in [5, 5.41) is 17.7. The second-order valence-electron chi connectivity index (χ2n) is 6.18. The van der Waals surface area contributed by atoms with Crippen LogP contribution >= 0.6 is 11.6 Å². The molecule has 4 aromatic rings. The smallest absolute Gasteiger partial charge is 0.231 e. The van der Waals surface area contributed by atoms with Crippen LogP contribution in [0.4, 0.5) is 11.6 Å². The fourth-order valence-electron chi connectivity index (χ4n) is 2.91. The number of hydrogen-bond donors (Lipinski definition) is 2. The predicted molar refractivity (Wildman–Crippen MR) is 104 cm³/mol. The van der Waals surface area contributed by atoms with Crippen LogP contribution in [0.2, 0.25) is 5.02 Å². The van der Waals surface area contributed by atoms with Crippen molar-refractivity contribution in [1.82, 2.24) is 29.3 Å². The van der Waals surface area contributed by atoms with Gasteiger partial charge in [-0.05, 0) is 44.2 Å². The Balaban J connectivity index is 1.87. The van der Waals surface area contributed by atoms with Gasteiger partial charge < -0.3 is 15.0 Å². The van der Waals surface area contributed by atoms with Gasteiger partial charge in [-0.2, -0.15) is 15.1 Å². The number of anilines is 2. The van der Waals surface area contributed by atoms with Crippen LogP contribution in [-0.4, -0.2) is 41.0 Å². The molecular formula is C18H18ClN7O. The number of aliphatic hydroxyl groups is 1. The quantitative estimate of drug-likeness (QED) is 0.550. The summed E-state index contributed by atoms with van der Waals surface area (Å²) >= 11 is 5.95. The molecule has 0 amide bonds. The van der Waals surface area contributed by atoms with Crippen molar-refractivity contribution in [3.63, 3.8) is 0 Å². The van der Waals surface area contributed by atoms with E-state index in [2.05, 4.69) is 25.4 Å². The van der Waals surface area contributed by atoms with E-state index in [1.54, 1.807) is 27.7 Å². The van der Waals surface area contributed by atoms with Crippen molar-refractivity contribution in [1.29, 1.82) is 0 Å². The average Bonchev–Trinajstić information content (AvgIpc) is 3.19. The molecular weight excluding hydrogens is 366 g/mol. The second-order valence-corrected chi connectivity index (χ2v) is 6.61. The van der Waals surface area contributed by atoms with Crippen molar-refractivity contribution in [2.45, 2.75) is 20.4 Å². The molecule has 138 valence electrons. The number of aryl methyl sites for hydroxylation is 2. The molecule has 3 aromatic heterocycles. The number of imidazole rings is 1. The minimum absolute atomic E-state index is 0.00928. The van der Waals surface area contributed by atoms with Crippen LogP contribution in [0.5, 0.6) is 0 Å². The Kier molecular flexibility index (Phi) is 4.51. The highest BCUT2D eigenvalue weighted by atomic mass is 35.5. The number of benzene rings is 1. The van der Waals surface area contributed by atoms with Crippen molar-refractivity contribution >= 4 is 34.4 Å². The van der Waals surface area contributed by atoms with Gasteiger partial charge in [-0.25, -0.2) is 9.67 Å². The van der Waals surface area contributed by atoms with Crippen LogP contribution in [0.25, 0.3) is 17.0 Å². The van der Waals surface area contributed by atoms with E-state index in [-0.39, 0.29) is 6.61 Å². The molecule has 2 N–H and O–H groups in total. The first-order valence-corrected chi connectivity index (χ1v) is 8.83. The lowest BCUT2D eigenvalue weighted by Gasteiger charge is -2.10. The van der Waals surface area contributed by atoms with Gasteiger partial charge in [0.05, 0.1) is 18.6 Å². The Morgan fingerprint density at radius 2 is 1.93 bits per heavy atom. The molecule has 0 aliphatic heterocycles. The maximum atomic E-state index is 9.32. The first-order valence-electron chi connectivity index (χ1n) is 8.45. The highest BCUT2D eigenvalue weighted by Gasteiger charge is 2.17. The van der Waals surface area contributed by atoms with Crippen molar-refractivity contribution in [3.05, 3.63) is 53.1 Å². The number of nitrogens with zero attached hydrogens (tertiary/aromatic N) is 6. The molecule has 0 saturated heterocycles. The fourth-order valence-corrected chi connectivity index (χ4v) is 3.04. The zero-order valence-electron chi connectivity index (χ0n) is 14.9. The summed E-state index contributed by atoms with van der Waals surface area (Å²) in [5.41, 5.74) is 3.89. The Bertz CT molecular complexity index is 1100. The summed E-state index contributed by atoms with van der Waals surface area (Å²) in [6, 6.07) is 9.26. The molecule has 0 fully saturated rings. The Morgan fingerprint density at radius 3 is 2.59 bits per heavy atom. The van der Waals surface area contributed by atoms with Crippen LogP contribution in [0.1, 0.15) is 11.4 Å². The zero-order valence-corrected chi connectivity index (χ0v) is 15.6. The predicted octanol–water partition coefficient (Wildman–Crippen LogP) is 3.02. The second kappa shape index (κ2) is 6.98. The summed E-state index contributed by atoms with van der Waals surface area (Å²) in [6.45, 7) is 4.28. The summed E-state index contributed by atoms with van der Waals surface area (Å²) in [6.07, 6.45) is 1.65. The van der Waals surface area contributed by atoms with Crippen molar-refractivity contribution in [3.8, 4) is 5.82 Å². The average molecular weight is 384 g/mol. The van der Waals surface area contributed by atoms with Gasteiger partial charge in [-0.3, -0.25) is 0 Å². The summed E-state index contributed by atoms with van der Waals surface area (Å²) in [7, 11) is 0. The van der Waals surface area contributed by atoms with Gasteiger partial charge in [0.1, 0.15) is 0 Å². The summed E-state index contributed by atoms with van der Waals surface area (Å²) in [4.78, 5) is 13.7. The molecule has 27 heavy (non-hydrogen) atoms. The minimum atomic E-state index is -0.00928. The Hall–Kier alpha value is -2.97. The van der Waals surface area contributed by atoms with E-state index in [0.717, 1.165) is 17.1 Å². The van der Waals surface area contributed by atoms with Gasteiger partial charge in [-0.1, -0.05) is 11.6 Å². The van der Waals surface area contributed by atoms with E-state index < -0.39 is 0 Å². The first-order chi connectivity index (χ1) is 13.0. The van der Waals surface area contributed by atoms with Gasteiger partial charge in [0.15, 0.2) is 17.0 Å². The highest BCUT2D eigenvalue weighted by molar-refractivity contribution is 6.30. The molecule has 0 unspecified atom stereocenters. The third-order valence-corrected chi connectivity index (χ3v) is 4.35. The lowest BCUT2D eigenvalue weighted by molar-refractivity contribution is 0.277. The molecule has 1 aromatic carbocycles. The molecule has 9 heteroatoms. The van der Waals surface area contributed by atoms with Crippen LogP contribution < -0.4 is 5.32 Å². The number of fused-ring (bicyclic) bond motifs is 1. The normalized spacial score (nSPS) is 11.3. The monoisotopic (exact) mass is 383 g/mol. The maximum Gasteiger partial charge on any atom is 0.231 e. The molecule has 0 bridgehead atoms. The van der Waals surface area contributed by atoms with E-state index in [9.17, 15) is 5.11 Å². The highest BCUT2D eigenvalue weighted by Crippen LogP contribution is 2.23. The zero-order chi connectivity index (χ0) is 19.0. The number of nitrogens with one attached hydrogen (secondary N) is 1. The molecule has 0 aliphatic carbocycles. The lowest BCUT2D eigenvalue weighted by Crippen LogP contribution is -2.09. The molecule has 8 nitrogen and oxygen atoms in total. The first kappa shape index (κ1) is 17.4. The van der Waals surface area contributed by atoms with Gasteiger partial charge in [-0.15, -0.1) is 0 Å². The standard InChI is InChI=1S/C18H18ClN7O/c1-11-9-12(2)26(24-11)17-15-16(25(7-8-27)10-20-15)22-18(23-17)21-14-5-3-13(19)4-6-14/h3-6,9-10,27H,7-8H2,1-2H3,(H,21,22,23). The van der Waals surface area contributed by atoms with Crippen LogP contribution in [0.15, 0.2) is 36.7 Å². The number of halogens is 1. The van der Waals surface area contributed by atoms with Crippen molar-refractivity contribution in [2.24, 2.45) is 0 Å². The Morgan fingerprint density at radius 1 is 1.15 bits per heavy atom. The summed E-state index contributed by atoms with van der Waals surface area (Å²) < 4.78 is 3.54. The molecule has 3 heterocycles. The van der Waals surface area contributed by atoms with Crippen molar-refractivity contribution in [2.75, 3.05) is 11.9 Å². The number of aromatic nitrogens is 6. The van der Waals surface area contributed by atoms with E-state index >= 15 is 0 Å². The third kappa shape index (κ3) is 3.36. The van der Waals surface area contributed by atoms with Crippen molar-refractivity contribution < 1.29 is 5.11 Å². The lowest BCUT2D eigenvalue weighted by atomic mass is 10.3. The van der Waals surface area contributed by atoms with E-state index in [1.807, 2.05) is 32.0 Å². The van der Waals surface area contributed by atoms with E-state index in [4.69, 9.17) is 11.6 Å². The molecule has 0 saturated carbocycles. The molecule has 0 atom stereocenters. The fraction of sp³-hybridized carbons (Fsp3) is 0.222. The largest absolute Gasteiger partial charge is 0.395 e. The number of hydrogen-bond acceptors (Lipinski definition) is 6. The van der Waals surface area contributed by atoms with Gasteiger partial charge in [0.2, 0.25) is 5.95 Å². The molecule has 4 rings (SSSR count). The molecule has 0 aliphatic rings. The van der Waals surface area contributed by atoms with E-state index in [0.29, 0.717) is 34.5 Å². The van der Waals surface area contributed by atoms with Gasteiger partial charge >= 0.3 is 0 Å². The van der Waals surface area contributed by atoms with Crippen LogP contribution in [-0.2, 0) is 6.54 Å². The van der Waals surface area contributed by atoms with Crippen LogP contribution in [0.3, 0.4) is 0 Å². The van der Waals surface area contributed by atoms with Crippen LogP contribution in [0, 0.1) is 13.8 Å². The molecule has 0 radical (unpaired) electrons. The van der Waals surface area contributed by atoms with Gasteiger partial charge in [0.25, 0.3) is 0 Å². The number of aliphatic hydroxyl groups excluding tert-OH is 1. The third-order valence-electron chi connectivity index (χ3n) is 4.10. The SMILES string of the molecule is Cc1cc(C)n(-c2nc(Nc3ccc(Cl)cc3)nc3c2ncn3CCO)n1. The van der Waals surface area contributed by atoms with E-state index in [1.165, 1.54) is 0 Å². The molecule has 0 spiro atoms. The summed E-state index contributed by atoms with van der Waals surface area (Å²) in [5.74, 6) is 0.991.